The molecule has 124 valence electrons. The summed E-state index contributed by atoms with van der Waals surface area (Å²) in [6, 6.07) is 25.8. The van der Waals surface area contributed by atoms with E-state index in [1.54, 1.807) is 12.1 Å². The summed E-state index contributed by atoms with van der Waals surface area (Å²) in [5.74, 6) is 0. The molecule has 1 heterocycles. The van der Waals surface area contributed by atoms with Crippen molar-refractivity contribution in [2.75, 3.05) is 0 Å². The minimum atomic E-state index is -1.45. The molecular formula is C22H15BO3. The molecular weight excluding hydrogens is 323 g/mol. The summed E-state index contributed by atoms with van der Waals surface area (Å²) in [6.45, 7) is 0. The first-order valence-corrected chi connectivity index (χ1v) is 8.51. The number of hydrogen-bond donors (Lipinski definition) is 2. The van der Waals surface area contributed by atoms with Crippen LogP contribution in [0.1, 0.15) is 0 Å². The summed E-state index contributed by atoms with van der Waals surface area (Å²) < 4.78 is 5.99. The van der Waals surface area contributed by atoms with Crippen molar-refractivity contribution in [1.29, 1.82) is 0 Å². The first-order chi connectivity index (χ1) is 12.7. The van der Waals surface area contributed by atoms with Crippen molar-refractivity contribution in [3.05, 3.63) is 78.9 Å². The monoisotopic (exact) mass is 338 g/mol. The number of hydrogen-bond acceptors (Lipinski definition) is 3. The van der Waals surface area contributed by atoms with Gasteiger partial charge in [0.2, 0.25) is 0 Å². The van der Waals surface area contributed by atoms with Gasteiger partial charge in [-0.2, -0.15) is 0 Å². The minimum absolute atomic E-state index is 0.494. The van der Waals surface area contributed by atoms with E-state index in [-0.39, 0.29) is 0 Å². The molecule has 0 aliphatic carbocycles. The van der Waals surface area contributed by atoms with E-state index in [1.165, 1.54) is 0 Å². The van der Waals surface area contributed by atoms with Gasteiger partial charge in [-0.15, -0.1) is 0 Å². The van der Waals surface area contributed by atoms with Crippen LogP contribution in [0.15, 0.2) is 83.3 Å². The van der Waals surface area contributed by atoms with Crippen LogP contribution in [0.3, 0.4) is 0 Å². The summed E-state index contributed by atoms with van der Waals surface area (Å²) in [4.78, 5) is 0. The van der Waals surface area contributed by atoms with E-state index < -0.39 is 7.12 Å². The van der Waals surface area contributed by atoms with Crippen LogP contribution in [0.25, 0.3) is 43.8 Å². The smallest absolute Gasteiger partial charge is 0.456 e. The van der Waals surface area contributed by atoms with Crippen LogP contribution in [0.5, 0.6) is 0 Å². The summed E-state index contributed by atoms with van der Waals surface area (Å²) in [5, 5.41) is 23.0. The standard InChI is InChI=1S/C22H15BO3/c24-23(25)17-11-10-14-12-16(9-8-15(14)13-17)18-5-3-7-21-22(18)19-4-1-2-6-20(19)26-21/h1-13,24-25H. The molecule has 26 heavy (non-hydrogen) atoms. The molecule has 0 unspecified atom stereocenters. The van der Waals surface area contributed by atoms with Gasteiger partial charge in [-0.1, -0.05) is 60.7 Å². The van der Waals surface area contributed by atoms with Gasteiger partial charge in [0.25, 0.3) is 0 Å². The van der Waals surface area contributed by atoms with E-state index in [4.69, 9.17) is 4.42 Å². The maximum absolute atomic E-state index is 9.36. The normalized spacial score (nSPS) is 11.5. The minimum Gasteiger partial charge on any atom is -0.456 e. The highest BCUT2D eigenvalue weighted by atomic mass is 16.4. The van der Waals surface area contributed by atoms with Gasteiger partial charge in [-0.25, -0.2) is 0 Å². The Morgan fingerprint density at radius 3 is 2.35 bits per heavy atom. The average Bonchev–Trinajstić information content (AvgIpc) is 3.06. The number of furan rings is 1. The van der Waals surface area contributed by atoms with Crippen molar-refractivity contribution in [2.24, 2.45) is 0 Å². The highest BCUT2D eigenvalue weighted by Gasteiger charge is 2.14. The van der Waals surface area contributed by atoms with Gasteiger partial charge < -0.3 is 14.5 Å². The Balaban J connectivity index is 1.76. The van der Waals surface area contributed by atoms with Crippen LogP contribution >= 0.6 is 0 Å². The summed E-state index contributed by atoms with van der Waals surface area (Å²) in [5.41, 5.74) is 4.49. The van der Waals surface area contributed by atoms with Gasteiger partial charge in [-0.05, 0) is 45.6 Å². The van der Waals surface area contributed by atoms with Gasteiger partial charge in [0.15, 0.2) is 0 Å². The van der Waals surface area contributed by atoms with Gasteiger partial charge in [0.05, 0.1) is 0 Å². The predicted molar refractivity (Wildman–Crippen MR) is 106 cm³/mol. The topological polar surface area (TPSA) is 53.6 Å². The first-order valence-electron chi connectivity index (χ1n) is 8.51. The van der Waals surface area contributed by atoms with Crippen molar-refractivity contribution >= 4 is 45.3 Å². The zero-order valence-electron chi connectivity index (χ0n) is 13.9. The zero-order chi connectivity index (χ0) is 17.7. The molecule has 5 aromatic rings. The van der Waals surface area contributed by atoms with Crippen molar-refractivity contribution in [3.8, 4) is 11.1 Å². The third kappa shape index (κ3) is 2.31. The molecule has 2 N–H and O–H groups in total. The average molecular weight is 338 g/mol. The summed E-state index contributed by atoms with van der Waals surface area (Å²) in [7, 11) is -1.45. The van der Waals surface area contributed by atoms with Gasteiger partial charge in [0.1, 0.15) is 11.2 Å². The molecule has 4 heteroatoms. The van der Waals surface area contributed by atoms with Crippen LogP contribution in [0.4, 0.5) is 0 Å². The van der Waals surface area contributed by atoms with Gasteiger partial charge in [0, 0.05) is 10.8 Å². The predicted octanol–water partition coefficient (Wildman–Crippen LogP) is 4.09. The molecule has 0 aliphatic rings. The van der Waals surface area contributed by atoms with E-state index in [0.717, 1.165) is 43.8 Å². The highest BCUT2D eigenvalue weighted by Crippen LogP contribution is 2.37. The fraction of sp³-hybridized carbons (Fsp3) is 0. The Morgan fingerprint density at radius 2 is 1.46 bits per heavy atom. The maximum atomic E-state index is 9.36. The number of benzene rings is 4. The third-order valence-electron chi connectivity index (χ3n) is 4.88. The SMILES string of the molecule is OB(O)c1ccc2cc(-c3cccc4oc5ccccc5c34)ccc2c1. The summed E-state index contributed by atoms with van der Waals surface area (Å²) >= 11 is 0. The molecule has 0 radical (unpaired) electrons. The quantitative estimate of drug-likeness (QED) is 0.477. The molecule has 0 aliphatic heterocycles. The van der Waals surface area contributed by atoms with E-state index >= 15 is 0 Å². The lowest BCUT2D eigenvalue weighted by Gasteiger charge is -2.07. The lowest BCUT2D eigenvalue weighted by Crippen LogP contribution is -2.29. The fourth-order valence-electron chi connectivity index (χ4n) is 3.61. The Bertz CT molecular complexity index is 1270. The van der Waals surface area contributed by atoms with Crippen molar-refractivity contribution < 1.29 is 14.5 Å². The lowest BCUT2D eigenvalue weighted by atomic mass is 9.79. The fourth-order valence-corrected chi connectivity index (χ4v) is 3.61. The molecule has 5 rings (SSSR count). The Kier molecular flexibility index (Phi) is 3.35. The van der Waals surface area contributed by atoms with Crippen LogP contribution in [-0.4, -0.2) is 17.2 Å². The lowest BCUT2D eigenvalue weighted by molar-refractivity contribution is 0.426. The molecule has 0 bridgehead atoms. The highest BCUT2D eigenvalue weighted by molar-refractivity contribution is 6.58. The van der Waals surface area contributed by atoms with Crippen molar-refractivity contribution in [2.45, 2.75) is 0 Å². The number of fused-ring (bicyclic) bond motifs is 4. The Morgan fingerprint density at radius 1 is 0.692 bits per heavy atom. The largest absolute Gasteiger partial charge is 0.488 e. The third-order valence-corrected chi connectivity index (χ3v) is 4.88. The van der Waals surface area contributed by atoms with Crippen LogP contribution in [0.2, 0.25) is 0 Å². The molecule has 1 aromatic heterocycles. The van der Waals surface area contributed by atoms with Crippen LogP contribution in [0, 0.1) is 0 Å². The van der Waals surface area contributed by atoms with E-state index in [2.05, 4.69) is 24.3 Å². The maximum Gasteiger partial charge on any atom is 0.488 e. The van der Waals surface area contributed by atoms with Gasteiger partial charge in [-0.3, -0.25) is 0 Å². The number of rotatable bonds is 2. The molecule has 3 nitrogen and oxygen atoms in total. The molecule has 0 atom stereocenters. The zero-order valence-corrected chi connectivity index (χ0v) is 13.9. The molecule has 0 saturated carbocycles. The Labute approximate surface area is 150 Å². The second kappa shape index (κ2) is 5.73. The van der Waals surface area contributed by atoms with Crippen LogP contribution < -0.4 is 5.46 Å². The van der Waals surface area contributed by atoms with Crippen molar-refractivity contribution in [3.63, 3.8) is 0 Å². The Hall–Kier alpha value is -3.08. The molecule has 0 fully saturated rings. The van der Waals surface area contributed by atoms with Crippen molar-refractivity contribution in [1.82, 2.24) is 0 Å². The van der Waals surface area contributed by atoms with E-state index in [1.807, 2.05) is 42.5 Å². The van der Waals surface area contributed by atoms with Crippen LogP contribution in [-0.2, 0) is 0 Å². The molecule has 0 spiro atoms. The first kappa shape index (κ1) is 15.2. The van der Waals surface area contributed by atoms with Gasteiger partial charge >= 0.3 is 7.12 Å². The second-order valence-electron chi connectivity index (χ2n) is 6.47. The van der Waals surface area contributed by atoms with E-state index in [9.17, 15) is 10.0 Å². The second-order valence-corrected chi connectivity index (χ2v) is 6.47. The molecule has 0 amide bonds. The van der Waals surface area contributed by atoms with E-state index in [0.29, 0.717) is 5.46 Å². The summed E-state index contributed by atoms with van der Waals surface area (Å²) in [6.07, 6.45) is 0. The molecule has 4 aromatic carbocycles. The molecule has 0 saturated heterocycles. The number of para-hydroxylation sites is 1.